The summed E-state index contributed by atoms with van der Waals surface area (Å²) < 4.78 is 2.28. The molecular weight excluding hydrogens is 340 g/mol. The molecule has 144 valence electrons. The van der Waals surface area contributed by atoms with Crippen molar-refractivity contribution in [1.82, 2.24) is 9.38 Å². The van der Waals surface area contributed by atoms with Crippen LogP contribution in [0, 0.1) is 19.3 Å². The summed E-state index contributed by atoms with van der Waals surface area (Å²) in [5.41, 5.74) is 9.34. The van der Waals surface area contributed by atoms with Gasteiger partial charge in [-0.2, -0.15) is 0 Å². The molecule has 0 saturated carbocycles. The van der Waals surface area contributed by atoms with Gasteiger partial charge in [0, 0.05) is 11.6 Å². The van der Waals surface area contributed by atoms with Gasteiger partial charge < -0.3 is 0 Å². The molecule has 4 aromatic rings. The minimum absolute atomic E-state index is 0.103. The topological polar surface area (TPSA) is 17.3 Å². The van der Waals surface area contributed by atoms with E-state index in [1.54, 1.807) is 0 Å². The summed E-state index contributed by atoms with van der Waals surface area (Å²) >= 11 is 0. The fraction of sp³-hybridized carbons (Fsp3) is 0.423. The maximum absolute atomic E-state index is 5.12. The molecule has 2 aromatic heterocycles. The molecule has 2 aromatic carbocycles. The Morgan fingerprint density at radius 1 is 0.786 bits per heavy atom. The van der Waals surface area contributed by atoms with Gasteiger partial charge in [-0.05, 0) is 82.0 Å². The minimum Gasteiger partial charge on any atom is -0.299 e. The molecule has 0 N–H and O–H groups in total. The van der Waals surface area contributed by atoms with Gasteiger partial charge in [-0.25, -0.2) is 4.98 Å². The number of aromatic nitrogens is 2. The summed E-state index contributed by atoms with van der Waals surface area (Å²) in [5, 5.41) is 2.50. The number of rotatable bonds is 0. The predicted octanol–water partition coefficient (Wildman–Crippen LogP) is 6.85. The van der Waals surface area contributed by atoms with Crippen LogP contribution in [0.5, 0.6) is 0 Å². The monoisotopic (exact) mass is 370 g/mol. The van der Waals surface area contributed by atoms with Crippen molar-refractivity contribution >= 4 is 27.5 Å². The summed E-state index contributed by atoms with van der Waals surface area (Å²) in [6.45, 7) is 18.8. The van der Waals surface area contributed by atoms with Crippen LogP contribution in [0.15, 0.2) is 36.5 Å². The van der Waals surface area contributed by atoms with Crippen LogP contribution >= 0.6 is 0 Å². The third kappa shape index (κ3) is 1.87. The van der Waals surface area contributed by atoms with E-state index in [4.69, 9.17) is 4.98 Å². The first-order valence-electron chi connectivity index (χ1n) is 10.3. The number of benzene rings is 2. The van der Waals surface area contributed by atoms with Crippen LogP contribution < -0.4 is 0 Å². The predicted molar refractivity (Wildman–Crippen MR) is 120 cm³/mol. The Hall–Kier alpha value is -2.35. The van der Waals surface area contributed by atoms with Gasteiger partial charge in [0.25, 0.3) is 0 Å². The smallest absolute Gasteiger partial charge is 0.145 e. The fourth-order valence-electron chi connectivity index (χ4n) is 5.30. The number of hydrogen-bond donors (Lipinski definition) is 0. The normalized spacial score (nSPS) is 19.6. The largest absolute Gasteiger partial charge is 0.299 e. The second-order valence-electron chi connectivity index (χ2n) is 10.4. The first-order valence-corrected chi connectivity index (χ1v) is 10.3. The number of fused-ring (bicyclic) bond motifs is 6. The molecule has 0 unspecified atom stereocenters. The zero-order valence-electron chi connectivity index (χ0n) is 18.4. The number of imidazole rings is 1. The van der Waals surface area contributed by atoms with Gasteiger partial charge >= 0.3 is 0 Å². The second-order valence-corrected chi connectivity index (χ2v) is 10.4. The third-order valence-corrected chi connectivity index (χ3v) is 8.61. The molecule has 0 fully saturated rings. The zero-order valence-corrected chi connectivity index (χ0v) is 18.4. The van der Waals surface area contributed by atoms with Crippen molar-refractivity contribution in [2.24, 2.45) is 5.41 Å². The van der Waals surface area contributed by atoms with E-state index >= 15 is 0 Å². The minimum atomic E-state index is 0.103. The van der Waals surface area contributed by atoms with Crippen LogP contribution in [0.4, 0.5) is 0 Å². The van der Waals surface area contributed by atoms with Crippen LogP contribution in [0.1, 0.15) is 63.8 Å². The maximum Gasteiger partial charge on any atom is 0.145 e. The molecule has 1 aliphatic carbocycles. The van der Waals surface area contributed by atoms with Crippen molar-refractivity contribution in [1.29, 1.82) is 0 Å². The number of nitrogens with zero attached hydrogens (tertiary/aromatic N) is 2. The molecule has 0 atom stereocenters. The Morgan fingerprint density at radius 2 is 1.39 bits per heavy atom. The molecule has 5 rings (SSSR count). The molecule has 1 aliphatic rings. The molecule has 2 heterocycles. The molecule has 28 heavy (non-hydrogen) atoms. The van der Waals surface area contributed by atoms with Gasteiger partial charge in [-0.15, -0.1) is 0 Å². The van der Waals surface area contributed by atoms with E-state index in [2.05, 4.69) is 96.3 Å². The molecule has 0 aliphatic heterocycles. The van der Waals surface area contributed by atoms with E-state index in [0.29, 0.717) is 0 Å². The Labute approximate surface area is 167 Å². The van der Waals surface area contributed by atoms with Gasteiger partial charge in [-0.3, -0.25) is 4.40 Å². The molecule has 0 amide bonds. The van der Waals surface area contributed by atoms with E-state index in [-0.39, 0.29) is 16.2 Å². The van der Waals surface area contributed by atoms with Crippen molar-refractivity contribution in [3.8, 4) is 0 Å². The molecule has 0 bridgehead atoms. The Kier molecular flexibility index (Phi) is 3.15. The van der Waals surface area contributed by atoms with Crippen LogP contribution in [0.3, 0.4) is 0 Å². The van der Waals surface area contributed by atoms with Gasteiger partial charge in [0.1, 0.15) is 5.65 Å². The Morgan fingerprint density at radius 3 is 2.07 bits per heavy atom. The molecule has 0 saturated heterocycles. The van der Waals surface area contributed by atoms with Gasteiger partial charge in [0.05, 0.1) is 11.0 Å². The Balaban J connectivity index is 1.91. The molecule has 0 spiro atoms. The Bertz CT molecular complexity index is 1300. The number of hydrogen-bond acceptors (Lipinski definition) is 1. The summed E-state index contributed by atoms with van der Waals surface area (Å²) in [5.74, 6) is 0. The van der Waals surface area contributed by atoms with E-state index in [1.165, 1.54) is 38.5 Å². The van der Waals surface area contributed by atoms with Gasteiger partial charge in [-0.1, -0.05) is 47.6 Å². The summed E-state index contributed by atoms with van der Waals surface area (Å²) in [7, 11) is 0. The highest BCUT2D eigenvalue weighted by atomic mass is 15.0. The lowest BCUT2D eigenvalue weighted by Gasteiger charge is -2.44. The molecule has 2 nitrogen and oxygen atoms in total. The first kappa shape index (κ1) is 17.7. The average molecular weight is 371 g/mol. The number of pyridine rings is 1. The summed E-state index contributed by atoms with van der Waals surface area (Å²) in [6, 6.07) is 11.6. The highest BCUT2D eigenvalue weighted by Gasteiger charge is 2.56. The molecular formula is C26H30N2. The SMILES string of the molecule is Cc1cc2ccn3c4cc5c(cc4nc3c2cc1C)C(C)(C)C(C)(C)C5(C)C. The zero-order chi connectivity index (χ0) is 20.2. The maximum atomic E-state index is 5.12. The first-order chi connectivity index (χ1) is 13.0. The highest BCUT2D eigenvalue weighted by Crippen LogP contribution is 2.61. The third-order valence-electron chi connectivity index (χ3n) is 8.61. The van der Waals surface area contributed by atoms with E-state index < -0.39 is 0 Å². The van der Waals surface area contributed by atoms with Crippen molar-refractivity contribution in [3.63, 3.8) is 0 Å². The number of aryl methyl sites for hydroxylation is 2. The lowest BCUT2D eigenvalue weighted by atomic mass is 9.59. The van der Waals surface area contributed by atoms with Gasteiger partial charge in [0.15, 0.2) is 0 Å². The lowest BCUT2D eigenvalue weighted by Crippen LogP contribution is -2.42. The molecule has 0 radical (unpaired) electrons. The summed E-state index contributed by atoms with van der Waals surface area (Å²) in [6.07, 6.45) is 2.19. The van der Waals surface area contributed by atoms with Crippen LogP contribution in [0.25, 0.3) is 27.5 Å². The van der Waals surface area contributed by atoms with Crippen LogP contribution in [-0.4, -0.2) is 9.38 Å². The van der Waals surface area contributed by atoms with Crippen LogP contribution in [0.2, 0.25) is 0 Å². The van der Waals surface area contributed by atoms with Crippen molar-refractivity contribution in [2.45, 2.75) is 66.2 Å². The van der Waals surface area contributed by atoms with Crippen LogP contribution in [-0.2, 0) is 10.8 Å². The summed E-state index contributed by atoms with van der Waals surface area (Å²) in [4.78, 5) is 5.12. The van der Waals surface area contributed by atoms with Crippen molar-refractivity contribution in [2.75, 3.05) is 0 Å². The second kappa shape index (κ2) is 4.97. The standard InChI is InChI=1S/C26H30N2/c1-15-11-17-9-10-28-22-14-20-19(24(3,4)26(7,8)25(20,5)6)13-21(22)27-23(28)18(17)12-16(15)2/h9-14H,1-8H3. The molecule has 2 heteroatoms. The van der Waals surface area contributed by atoms with Gasteiger partial charge in [0.2, 0.25) is 0 Å². The highest BCUT2D eigenvalue weighted by molar-refractivity contribution is 5.99. The van der Waals surface area contributed by atoms with E-state index in [9.17, 15) is 0 Å². The van der Waals surface area contributed by atoms with Crippen molar-refractivity contribution in [3.05, 3.63) is 58.8 Å². The average Bonchev–Trinajstić information content (AvgIpc) is 3.03. The lowest BCUT2D eigenvalue weighted by molar-refractivity contribution is 0.125. The van der Waals surface area contributed by atoms with Crippen molar-refractivity contribution < 1.29 is 0 Å². The quantitative estimate of drug-likeness (QED) is 0.331. The van der Waals surface area contributed by atoms with E-state index in [1.807, 2.05) is 0 Å². The van der Waals surface area contributed by atoms with E-state index in [0.717, 1.165) is 11.2 Å². The fourth-order valence-corrected chi connectivity index (χ4v) is 5.30.